The molecule has 0 radical (unpaired) electrons. The highest BCUT2D eigenvalue weighted by Gasteiger charge is 2.06. The molecule has 20 heavy (non-hydrogen) atoms. The van der Waals surface area contributed by atoms with E-state index >= 15 is 0 Å². The maximum absolute atomic E-state index is 13.7. The zero-order chi connectivity index (χ0) is 14.5. The number of halogens is 1. The number of hydrogen-bond donors (Lipinski definition) is 0. The first kappa shape index (κ1) is 14.6. The van der Waals surface area contributed by atoms with Gasteiger partial charge in [0.1, 0.15) is 5.82 Å². The van der Waals surface area contributed by atoms with Gasteiger partial charge in [0.25, 0.3) is 0 Å². The predicted octanol–water partition coefficient (Wildman–Crippen LogP) is 4.33. The number of carbonyl (C=O) groups excluding carboxylic acids is 1. The van der Waals surface area contributed by atoms with E-state index in [0.717, 1.165) is 15.4 Å². The molecule has 0 spiro atoms. The van der Waals surface area contributed by atoms with Gasteiger partial charge in [-0.3, -0.25) is 0 Å². The van der Waals surface area contributed by atoms with Crippen LogP contribution in [-0.4, -0.2) is 13.1 Å². The molecule has 0 bridgehead atoms. The Hall–Kier alpha value is -1.81. The van der Waals surface area contributed by atoms with Crippen molar-refractivity contribution < 1.29 is 13.9 Å². The fourth-order valence-electron chi connectivity index (χ4n) is 1.79. The lowest BCUT2D eigenvalue weighted by molar-refractivity contribution is 0.0600. The summed E-state index contributed by atoms with van der Waals surface area (Å²) in [6.07, 6.45) is 0.685. The second-order valence-electron chi connectivity index (χ2n) is 4.22. The van der Waals surface area contributed by atoms with E-state index in [1.807, 2.05) is 25.1 Å². The summed E-state index contributed by atoms with van der Waals surface area (Å²) in [5.74, 6) is -0.538. The molecule has 0 saturated heterocycles. The molecular formula is C16H15FO2S. The molecule has 104 valence electrons. The fourth-order valence-corrected chi connectivity index (χ4v) is 2.63. The summed E-state index contributed by atoms with van der Waals surface area (Å²) >= 11 is 1.46. The van der Waals surface area contributed by atoms with Gasteiger partial charge in [-0.1, -0.05) is 24.8 Å². The third-order valence-corrected chi connectivity index (χ3v) is 3.91. The Morgan fingerprint density at radius 3 is 2.35 bits per heavy atom. The van der Waals surface area contributed by atoms with Crippen LogP contribution in [0.25, 0.3) is 0 Å². The second-order valence-corrected chi connectivity index (χ2v) is 5.37. The maximum atomic E-state index is 13.7. The van der Waals surface area contributed by atoms with Crippen LogP contribution in [0.2, 0.25) is 0 Å². The van der Waals surface area contributed by atoms with E-state index < -0.39 is 0 Å². The molecule has 0 aliphatic carbocycles. The monoisotopic (exact) mass is 290 g/mol. The van der Waals surface area contributed by atoms with Crippen LogP contribution in [0.15, 0.2) is 52.3 Å². The smallest absolute Gasteiger partial charge is 0.337 e. The Balaban J connectivity index is 2.14. The molecule has 0 unspecified atom stereocenters. The van der Waals surface area contributed by atoms with Crippen molar-refractivity contribution in [3.05, 3.63) is 59.4 Å². The predicted molar refractivity (Wildman–Crippen MR) is 77.7 cm³/mol. The van der Waals surface area contributed by atoms with Crippen LogP contribution >= 0.6 is 11.8 Å². The minimum Gasteiger partial charge on any atom is -0.465 e. The van der Waals surface area contributed by atoms with Crippen molar-refractivity contribution in [1.82, 2.24) is 0 Å². The highest BCUT2D eigenvalue weighted by molar-refractivity contribution is 7.99. The third kappa shape index (κ3) is 3.39. The molecular weight excluding hydrogens is 275 g/mol. The Morgan fingerprint density at radius 1 is 1.15 bits per heavy atom. The first-order valence-electron chi connectivity index (χ1n) is 6.28. The van der Waals surface area contributed by atoms with Gasteiger partial charge in [-0.05, 0) is 48.4 Å². The van der Waals surface area contributed by atoms with Crippen molar-refractivity contribution in [2.45, 2.75) is 23.1 Å². The molecule has 0 aliphatic heterocycles. The number of carbonyl (C=O) groups is 1. The number of ether oxygens (including phenoxy) is 1. The van der Waals surface area contributed by atoms with Crippen molar-refractivity contribution in [2.24, 2.45) is 0 Å². The summed E-state index contributed by atoms with van der Waals surface area (Å²) in [6.45, 7) is 1.93. The van der Waals surface area contributed by atoms with E-state index in [4.69, 9.17) is 0 Å². The van der Waals surface area contributed by atoms with Gasteiger partial charge < -0.3 is 4.74 Å². The lowest BCUT2D eigenvalue weighted by Gasteiger charge is -2.05. The van der Waals surface area contributed by atoms with Gasteiger partial charge in [-0.2, -0.15) is 0 Å². The van der Waals surface area contributed by atoms with Gasteiger partial charge in [0, 0.05) is 9.79 Å². The lowest BCUT2D eigenvalue weighted by atomic mass is 10.2. The number of esters is 1. The summed E-state index contributed by atoms with van der Waals surface area (Å²) in [5.41, 5.74) is 1.22. The van der Waals surface area contributed by atoms with E-state index in [1.165, 1.54) is 24.9 Å². The van der Waals surface area contributed by atoms with Crippen LogP contribution in [0, 0.1) is 5.82 Å². The fraction of sp³-hybridized carbons (Fsp3) is 0.188. The van der Waals surface area contributed by atoms with Crippen molar-refractivity contribution >= 4 is 17.7 Å². The Bertz CT molecular complexity index is 608. The number of methoxy groups -OCH3 is 1. The first-order valence-corrected chi connectivity index (χ1v) is 7.10. The Kier molecular flexibility index (Phi) is 4.79. The molecule has 2 nitrogen and oxygen atoms in total. The van der Waals surface area contributed by atoms with Gasteiger partial charge in [0.05, 0.1) is 12.7 Å². The third-order valence-electron chi connectivity index (χ3n) is 2.92. The average Bonchev–Trinajstić information content (AvgIpc) is 2.47. The molecule has 0 N–H and O–H groups in total. The SMILES string of the molecule is CCc1ccc(Sc2ccc(C(=O)OC)cc2)cc1F. The molecule has 2 aromatic carbocycles. The summed E-state index contributed by atoms with van der Waals surface area (Å²) in [6, 6.07) is 12.3. The highest BCUT2D eigenvalue weighted by Crippen LogP contribution is 2.29. The minimum absolute atomic E-state index is 0.177. The largest absolute Gasteiger partial charge is 0.465 e. The average molecular weight is 290 g/mol. The van der Waals surface area contributed by atoms with Gasteiger partial charge >= 0.3 is 5.97 Å². The molecule has 2 aromatic rings. The highest BCUT2D eigenvalue weighted by atomic mass is 32.2. The molecule has 0 aromatic heterocycles. The van der Waals surface area contributed by atoms with E-state index in [0.29, 0.717) is 12.0 Å². The van der Waals surface area contributed by atoms with E-state index in [1.54, 1.807) is 18.2 Å². The van der Waals surface area contributed by atoms with E-state index in [2.05, 4.69) is 4.74 Å². The summed E-state index contributed by atoms with van der Waals surface area (Å²) < 4.78 is 18.3. The van der Waals surface area contributed by atoms with Gasteiger partial charge in [-0.25, -0.2) is 9.18 Å². The van der Waals surface area contributed by atoms with Crippen molar-refractivity contribution in [3.63, 3.8) is 0 Å². The second kappa shape index (κ2) is 6.57. The number of aryl methyl sites for hydroxylation is 1. The van der Waals surface area contributed by atoms with Crippen LogP contribution in [0.1, 0.15) is 22.8 Å². The van der Waals surface area contributed by atoms with Gasteiger partial charge in [-0.15, -0.1) is 0 Å². The number of hydrogen-bond acceptors (Lipinski definition) is 3. The normalized spacial score (nSPS) is 10.3. The van der Waals surface area contributed by atoms with Crippen molar-refractivity contribution in [1.29, 1.82) is 0 Å². The van der Waals surface area contributed by atoms with Crippen LogP contribution in [-0.2, 0) is 11.2 Å². The lowest BCUT2D eigenvalue weighted by Crippen LogP contribution is -2.00. The summed E-state index contributed by atoms with van der Waals surface area (Å²) in [7, 11) is 1.35. The van der Waals surface area contributed by atoms with Gasteiger partial charge in [0.2, 0.25) is 0 Å². The topological polar surface area (TPSA) is 26.3 Å². The van der Waals surface area contributed by atoms with E-state index in [-0.39, 0.29) is 11.8 Å². The number of rotatable bonds is 4. The molecule has 0 amide bonds. The van der Waals surface area contributed by atoms with Crippen molar-refractivity contribution in [3.8, 4) is 0 Å². The zero-order valence-corrected chi connectivity index (χ0v) is 12.2. The molecule has 0 atom stereocenters. The quantitative estimate of drug-likeness (QED) is 0.784. The summed E-state index contributed by atoms with van der Waals surface area (Å²) in [5, 5.41) is 0. The van der Waals surface area contributed by atoms with E-state index in [9.17, 15) is 9.18 Å². The van der Waals surface area contributed by atoms with Crippen molar-refractivity contribution in [2.75, 3.05) is 7.11 Å². The standard InChI is InChI=1S/C16H15FO2S/c1-3-11-4-9-14(10-15(11)17)20-13-7-5-12(6-8-13)16(18)19-2/h4-10H,3H2,1-2H3. The van der Waals surface area contributed by atoms with Crippen LogP contribution < -0.4 is 0 Å². The Morgan fingerprint density at radius 2 is 1.80 bits per heavy atom. The molecule has 0 fully saturated rings. The maximum Gasteiger partial charge on any atom is 0.337 e. The van der Waals surface area contributed by atoms with Gasteiger partial charge in [0.15, 0.2) is 0 Å². The summed E-state index contributed by atoms with van der Waals surface area (Å²) in [4.78, 5) is 13.1. The zero-order valence-electron chi connectivity index (χ0n) is 11.4. The molecule has 0 aliphatic rings. The molecule has 2 rings (SSSR count). The molecule has 4 heteroatoms. The molecule has 0 heterocycles. The van der Waals surface area contributed by atoms with Crippen LogP contribution in [0.4, 0.5) is 4.39 Å². The first-order chi connectivity index (χ1) is 9.63. The molecule has 0 saturated carbocycles. The Labute approximate surface area is 122 Å². The van der Waals surface area contributed by atoms with Crippen LogP contribution in [0.3, 0.4) is 0 Å². The van der Waals surface area contributed by atoms with Crippen LogP contribution in [0.5, 0.6) is 0 Å². The number of benzene rings is 2. The minimum atomic E-state index is -0.361.